The number of benzene rings is 1. The number of hydrogen-bond acceptors (Lipinski definition) is 4. The molecule has 0 bridgehead atoms. The summed E-state index contributed by atoms with van der Waals surface area (Å²) in [5, 5.41) is 15.1. The Labute approximate surface area is 155 Å². The summed E-state index contributed by atoms with van der Waals surface area (Å²) < 4.78 is 0. The van der Waals surface area contributed by atoms with Crippen molar-refractivity contribution in [3.8, 4) is 0 Å². The number of amides is 1. The van der Waals surface area contributed by atoms with Gasteiger partial charge in [-0.15, -0.1) is 0 Å². The minimum atomic E-state index is -0.384. The van der Waals surface area contributed by atoms with E-state index in [1.807, 2.05) is 25.7 Å². The Kier molecular flexibility index (Phi) is 5.32. The lowest BCUT2D eigenvalue weighted by Gasteiger charge is -2.32. The summed E-state index contributed by atoms with van der Waals surface area (Å²) in [6, 6.07) is 5.39. The second-order valence-corrected chi connectivity index (χ2v) is 8.66. The minimum absolute atomic E-state index is 0.0318. The summed E-state index contributed by atoms with van der Waals surface area (Å²) >= 11 is 0. The Morgan fingerprint density at radius 2 is 1.88 bits per heavy atom. The highest BCUT2D eigenvalue weighted by molar-refractivity contribution is 5.95. The Bertz CT molecular complexity index is 684. The van der Waals surface area contributed by atoms with Crippen LogP contribution >= 0.6 is 0 Å². The smallest absolute Gasteiger partial charge is 0.273 e. The molecule has 6 heteroatoms. The topological polar surface area (TPSA) is 75.5 Å². The van der Waals surface area contributed by atoms with E-state index in [1.165, 1.54) is 18.9 Å². The molecule has 1 aromatic carbocycles. The Hall–Kier alpha value is -1.95. The molecule has 1 N–H and O–H groups in total. The number of nitrogens with one attached hydrogen (secondary N) is 1. The zero-order valence-electron chi connectivity index (χ0n) is 16.0. The molecule has 0 radical (unpaired) electrons. The van der Waals surface area contributed by atoms with Gasteiger partial charge in [0.2, 0.25) is 0 Å². The van der Waals surface area contributed by atoms with Gasteiger partial charge in [-0.2, -0.15) is 0 Å². The fourth-order valence-electron chi connectivity index (χ4n) is 3.57. The largest absolute Gasteiger partial charge is 0.339 e. The molecule has 1 saturated heterocycles. The first-order valence-electron chi connectivity index (χ1n) is 9.57. The van der Waals surface area contributed by atoms with E-state index in [0.717, 1.165) is 25.3 Å². The fraction of sp³-hybridized carbons (Fsp3) is 0.650. The highest BCUT2D eigenvalue weighted by atomic mass is 16.6. The van der Waals surface area contributed by atoms with Crippen LogP contribution in [0.4, 0.5) is 5.69 Å². The third-order valence-corrected chi connectivity index (χ3v) is 5.42. The van der Waals surface area contributed by atoms with Crippen molar-refractivity contribution >= 4 is 11.6 Å². The molecule has 0 spiro atoms. The number of rotatable bonds is 5. The number of nitro groups is 1. The lowest BCUT2D eigenvalue weighted by molar-refractivity contribution is -0.386. The van der Waals surface area contributed by atoms with Crippen LogP contribution in [-0.4, -0.2) is 41.4 Å². The number of nitro benzene ring substituents is 1. The normalized spacial score (nSPS) is 18.8. The van der Waals surface area contributed by atoms with E-state index in [1.54, 1.807) is 12.1 Å². The summed E-state index contributed by atoms with van der Waals surface area (Å²) in [7, 11) is 0. The lowest BCUT2D eigenvalue weighted by atomic mass is 9.85. The van der Waals surface area contributed by atoms with Gasteiger partial charge in [0, 0.05) is 36.3 Å². The molecule has 1 heterocycles. The molecule has 3 rings (SSSR count). The third kappa shape index (κ3) is 4.41. The number of hydrogen-bond donors (Lipinski definition) is 1. The van der Waals surface area contributed by atoms with Crippen LogP contribution in [0.25, 0.3) is 0 Å². The van der Waals surface area contributed by atoms with Gasteiger partial charge in [0.25, 0.3) is 11.6 Å². The average molecular weight is 359 g/mol. The molecule has 142 valence electrons. The van der Waals surface area contributed by atoms with Crippen LogP contribution in [0.5, 0.6) is 0 Å². The van der Waals surface area contributed by atoms with E-state index in [-0.39, 0.29) is 21.9 Å². The zero-order valence-corrected chi connectivity index (χ0v) is 16.0. The van der Waals surface area contributed by atoms with Gasteiger partial charge in [-0.3, -0.25) is 14.9 Å². The van der Waals surface area contributed by atoms with E-state index < -0.39 is 0 Å². The van der Waals surface area contributed by atoms with Gasteiger partial charge in [0.05, 0.1) is 4.92 Å². The average Bonchev–Trinajstić information content (AvgIpc) is 3.43. The molecular formula is C20H29N3O3. The summed E-state index contributed by atoms with van der Waals surface area (Å²) in [5.74, 6) is 0.755. The predicted molar refractivity (Wildman–Crippen MR) is 101 cm³/mol. The van der Waals surface area contributed by atoms with Crippen LogP contribution in [-0.2, 0) is 5.41 Å². The van der Waals surface area contributed by atoms with Crippen LogP contribution in [0.2, 0.25) is 0 Å². The van der Waals surface area contributed by atoms with Crippen molar-refractivity contribution in [2.24, 2.45) is 5.92 Å². The first kappa shape index (κ1) is 18.8. The second-order valence-electron chi connectivity index (χ2n) is 8.66. The van der Waals surface area contributed by atoms with Crippen LogP contribution in [0.1, 0.15) is 62.4 Å². The lowest BCUT2D eigenvalue weighted by Crippen LogP contribution is -2.45. The number of nitrogens with zero attached hydrogens (tertiary/aromatic N) is 2. The van der Waals surface area contributed by atoms with Crippen molar-refractivity contribution in [1.29, 1.82) is 0 Å². The maximum absolute atomic E-state index is 12.8. The molecular weight excluding hydrogens is 330 g/mol. The van der Waals surface area contributed by atoms with Crippen molar-refractivity contribution in [3.05, 3.63) is 39.4 Å². The summed E-state index contributed by atoms with van der Waals surface area (Å²) in [4.78, 5) is 25.7. The molecule has 0 atom stereocenters. The van der Waals surface area contributed by atoms with E-state index in [2.05, 4.69) is 5.32 Å². The summed E-state index contributed by atoms with van der Waals surface area (Å²) in [6.07, 6.45) is 4.57. The Morgan fingerprint density at radius 1 is 1.23 bits per heavy atom. The van der Waals surface area contributed by atoms with Crippen molar-refractivity contribution in [2.45, 2.75) is 57.9 Å². The van der Waals surface area contributed by atoms with Crippen molar-refractivity contribution in [3.63, 3.8) is 0 Å². The molecule has 1 aromatic rings. The van der Waals surface area contributed by atoms with E-state index in [0.29, 0.717) is 30.3 Å². The predicted octanol–water partition coefficient (Wildman–Crippen LogP) is 3.50. The van der Waals surface area contributed by atoms with Gasteiger partial charge < -0.3 is 10.2 Å². The number of piperidine rings is 1. The third-order valence-electron chi connectivity index (χ3n) is 5.42. The molecule has 2 aliphatic rings. The quantitative estimate of drug-likeness (QED) is 0.645. The summed E-state index contributed by atoms with van der Waals surface area (Å²) in [6.45, 7) is 8.33. The number of carbonyl (C=O) groups is 1. The van der Waals surface area contributed by atoms with Crippen LogP contribution < -0.4 is 5.32 Å². The first-order valence-corrected chi connectivity index (χ1v) is 9.57. The molecule has 1 saturated carbocycles. The van der Waals surface area contributed by atoms with Gasteiger partial charge in [0.15, 0.2) is 0 Å². The second kappa shape index (κ2) is 7.35. The van der Waals surface area contributed by atoms with Gasteiger partial charge in [0.1, 0.15) is 0 Å². The van der Waals surface area contributed by atoms with Gasteiger partial charge in [-0.25, -0.2) is 0 Å². The summed E-state index contributed by atoms with van der Waals surface area (Å²) in [5.41, 5.74) is 0.760. The molecule has 0 unspecified atom stereocenters. The molecule has 1 aliphatic carbocycles. The maximum Gasteiger partial charge on any atom is 0.273 e. The van der Waals surface area contributed by atoms with Crippen LogP contribution in [0.15, 0.2) is 18.2 Å². The van der Waals surface area contributed by atoms with Crippen LogP contribution in [0, 0.1) is 16.0 Å². The standard InChI is InChI=1S/C20H29N3O3/c1-20(2,3)17-7-6-15(12-18(17)23(25)26)19(24)22-10-8-16(9-11-22)21-13-14-4-5-14/h6-7,12,14,16,21H,4-5,8-11,13H2,1-3H3. The highest BCUT2D eigenvalue weighted by Gasteiger charge is 2.29. The van der Waals surface area contributed by atoms with Crippen molar-refractivity contribution in [2.75, 3.05) is 19.6 Å². The van der Waals surface area contributed by atoms with Gasteiger partial charge >= 0.3 is 0 Å². The fourth-order valence-corrected chi connectivity index (χ4v) is 3.57. The van der Waals surface area contributed by atoms with E-state index in [9.17, 15) is 14.9 Å². The molecule has 1 amide bonds. The molecule has 26 heavy (non-hydrogen) atoms. The molecule has 6 nitrogen and oxygen atoms in total. The number of carbonyl (C=O) groups excluding carboxylic acids is 1. The van der Waals surface area contributed by atoms with Crippen LogP contribution in [0.3, 0.4) is 0 Å². The zero-order chi connectivity index (χ0) is 18.9. The first-order chi connectivity index (χ1) is 12.3. The van der Waals surface area contributed by atoms with Crippen molar-refractivity contribution < 1.29 is 9.72 Å². The molecule has 1 aliphatic heterocycles. The van der Waals surface area contributed by atoms with Gasteiger partial charge in [-0.05, 0) is 49.6 Å². The highest BCUT2D eigenvalue weighted by Crippen LogP contribution is 2.32. The van der Waals surface area contributed by atoms with E-state index in [4.69, 9.17) is 0 Å². The monoisotopic (exact) mass is 359 g/mol. The molecule has 2 fully saturated rings. The maximum atomic E-state index is 12.8. The Balaban J connectivity index is 1.66. The SMILES string of the molecule is CC(C)(C)c1ccc(C(=O)N2CCC(NCC3CC3)CC2)cc1[N+](=O)[O-]. The van der Waals surface area contributed by atoms with E-state index >= 15 is 0 Å². The molecule has 0 aromatic heterocycles. The Morgan fingerprint density at radius 3 is 2.42 bits per heavy atom. The number of likely N-dealkylation sites (tertiary alicyclic amines) is 1. The van der Waals surface area contributed by atoms with Crippen molar-refractivity contribution in [1.82, 2.24) is 10.2 Å². The van der Waals surface area contributed by atoms with Gasteiger partial charge in [-0.1, -0.05) is 26.8 Å². The minimum Gasteiger partial charge on any atom is -0.339 e.